The Morgan fingerprint density at radius 2 is 1.97 bits per heavy atom. The van der Waals surface area contributed by atoms with Gasteiger partial charge in [-0.3, -0.25) is 25.3 Å². The summed E-state index contributed by atoms with van der Waals surface area (Å²) in [4.78, 5) is 27.1. The average molecular weight is 460 g/mol. The van der Waals surface area contributed by atoms with Crippen molar-refractivity contribution >= 4 is 27.7 Å². The molecule has 0 radical (unpaired) electrons. The van der Waals surface area contributed by atoms with E-state index in [1.807, 2.05) is 30.3 Å². The molecule has 0 aliphatic carbocycles. The summed E-state index contributed by atoms with van der Waals surface area (Å²) in [6, 6.07) is 17.5. The fourth-order valence-corrected chi connectivity index (χ4v) is 3.76. The predicted molar refractivity (Wildman–Crippen MR) is 115 cm³/mol. The zero-order valence-electron chi connectivity index (χ0n) is 16.4. The van der Waals surface area contributed by atoms with Crippen LogP contribution in [0.25, 0.3) is 0 Å². The number of hydrazine groups is 1. The first-order valence-electron chi connectivity index (χ1n) is 9.79. The molecular weight excluding hydrogens is 434 g/mol. The fraction of sp³-hybridized carbons (Fsp3) is 0.364. The maximum atomic E-state index is 12.5. The number of piperidine rings is 1. The maximum absolute atomic E-state index is 12.5. The molecule has 2 aromatic rings. The monoisotopic (exact) mass is 459 g/mol. The number of nitrogens with zero attached hydrogens (tertiary/aromatic N) is 1. The first-order valence-corrected chi connectivity index (χ1v) is 10.6. The minimum atomic E-state index is -0.731. The molecule has 1 aliphatic heterocycles. The van der Waals surface area contributed by atoms with Crippen molar-refractivity contribution in [3.05, 3.63) is 64.6 Å². The van der Waals surface area contributed by atoms with E-state index in [1.54, 1.807) is 19.1 Å². The van der Waals surface area contributed by atoms with E-state index in [0.29, 0.717) is 12.3 Å². The predicted octanol–water partition coefficient (Wildman–Crippen LogP) is 3.28. The molecule has 29 heavy (non-hydrogen) atoms. The third-order valence-corrected chi connectivity index (χ3v) is 5.41. The molecule has 2 amide bonds. The number of ether oxygens (including phenoxy) is 1. The molecule has 0 aromatic heterocycles. The van der Waals surface area contributed by atoms with Crippen molar-refractivity contribution in [2.45, 2.75) is 32.4 Å². The standard InChI is InChI=1S/C22H26BrN3O3/c1-16(29-20-11-5-10-19(23)13-20)21(27)24-25-22(28)18-9-6-12-26(15-18)14-17-7-3-2-4-8-17/h2-5,7-8,10-11,13,16,18H,6,9,12,14-15H2,1H3,(H,24,27)(H,25,28). The van der Waals surface area contributed by atoms with Crippen LogP contribution in [-0.2, 0) is 16.1 Å². The van der Waals surface area contributed by atoms with Gasteiger partial charge in [0.15, 0.2) is 6.10 Å². The molecule has 1 heterocycles. The Balaban J connectivity index is 1.45. The van der Waals surface area contributed by atoms with Crippen LogP contribution in [0.4, 0.5) is 0 Å². The summed E-state index contributed by atoms with van der Waals surface area (Å²) >= 11 is 3.37. The van der Waals surface area contributed by atoms with Crippen LogP contribution in [0, 0.1) is 5.92 Å². The van der Waals surface area contributed by atoms with E-state index in [9.17, 15) is 9.59 Å². The molecule has 2 aromatic carbocycles. The summed E-state index contributed by atoms with van der Waals surface area (Å²) in [5.74, 6) is -0.118. The Labute approximate surface area is 179 Å². The lowest BCUT2D eigenvalue weighted by atomic mass is 9.97. The molecule has 0 bridgehead atoms. The normalized spacial score (nSPS) is 17.9. The molecule has 154 valence electrons. The zero-order chi connectivity index (χ0) is 20.6. The van der Waals surface area contributed by atoms with Crippen molar-refractivity contribution in [1.82, 2.24) is 15.8 Å². The molecule has 3 rings (SSSR count). The lowest BCUT2D eigenvalue weighted by Crippen LogP contribution is -2.51. The van der Waals surface area contributed by atoms with Crippen molar-refractivity contribution in [1.29, 1.82) is 0 Å². The molecule has 2 unspecified atom stereocenters. The van der Waals surface area contributed by atoms with Gasteiger partial charge in [-0.05, 0) is 50.1 Å². The van der Waals surface area contributed by atoms with E-state index < -0.39 is 12.0 Å². The summed E-state index contributed by atoms with van der Waals surface area (Å²) in [6.07, 6.45) is 1.05. The number of rotatable bonds is 6. The van der Waals surface area contributed by atoms with E-state index in [2.05, 4.69) is 43.8 Å². The first kappa shape index (κ1) is 21.3. The maximum Gasteiger partial charge on any atom is 0.279 e. The quantitative estimate of drug-likeness (QED) is 0.650. The average Bonchev–Trinajstić information content (AvgIpc) is 2.72. The van der Waals surface area contributed by atoms with E-state index in [-0.39, 0.29) is 11.8 Å². The minimum absolute atomic E-state index is 0.144. The van der Waals surface area contributed by atoms with Gasteiger partial charge in [-0.2, -0.15) is 0 Å². The number of benzene rings is 2. The second kappa shape index (κ2) is 10.4. The number of carbonyl (C=O) groups is 2. The van der Waals surface area contributed by atoms with Crippen molar-refractivity contribution in [2.75, 3.05) is 13.1 Å². The smallest absolute Gasteiger partial charge is 0.279 e. The van der Waals surface area contributed by atoms with Crippen molar-refractivity contribution < 1.29 is 14.3 Å². The highest BCUT2D eigenvalue weighted by Crippen LogP contribution is 2.20. The molecule has 1 fully saturated rings. The van der Waals surface area contributed by atoms with E-state index >= 15 is 0 Å². The highest BCUT2D eigenvalue weighted by Gasteiger charge is 2.26. The van der Waals surface area contributed by atoms with Gasteiger partial charge >= 0.3 is 0 Å². The molecule has 7 heteroatoms. The molecule has 1 saturated heterocycles. The Morgan fingerprint density at radius 1 is 1.17 bits per heavy atom. The summed E-state index contributed by atoms with van der Waals surface area (Å²) in [5.41, 5.74) is 6.28. The number of hydrogen-bond acceptors (Lipinski definition) is 4. The third-order valence-electron chi connectivity index (χ3n) is 4.91. The number of halogens is 1. The van der Waals surface area contributed by atoms with Gasteiger partial charge in [0.25, 0.3) is 5.91 Å². The van der Waals surface area contributed by atoms with Crippen LogP contribution in [0.5, 0.6) is 5.75 Å². The van der Waals surface area contributed by atoms with Gasteiger partial charge in [-0.15, -0.1) is 0 Å². The van der Waals surface area contributed by atoms with Crippen LogP contribution in [0.2, 0.25) is 0 Å². The van der Waals surface area contributed by atoms with E-state index in [0.717, 1.165) is 30.4 Å². The van der Waals surface area contributed by atoms with E-state index in [4.69, 9.17) is 4.74 Å². The minimum Gasteiger partial charge on any atom is -0.481 e. The van der Waals surface area contributed by atoms with Crippen LogP contribution < -0.4 is 15.6 Å². The summed E-state index contributed by atoms with van der Waals surface area (Å²) < 4.78 is 6.49. The number of nitrogens with one attached hydrogen (secondary N) is 2. The van der Waals surface area contributed by atoms with Crippen LogP contribution in [0.3, 0.4) is 0 Å². The lowest BCUT2D eigenvalue weighted by molar-refractivity contribution is -0.135. The molecule has 6 nitrogen and oxygen atoms in total. The zero-order valence-corrected chi connectivity index (χ0v) is 18.0. The molecule has 0 spiro atoms. The molecule has 0 saturated carbocycles. The van der Waals surface area contributed by atoms with Gasteiger partial charge in [0.05, 0.1) is 5.92 Å². The second-order valence-corrected chi connectivity index (χ2v) is 8.17. The van der Waals surface area contributed by atoms with Crippen molar-refractivity contribution in [2.24, 2.45) is 5.92 Å². The van der Waals surface area contributed by atoms with Crippen LogP contribution in [-0.4, -0.2) is 35.9 Å². The Morgan fingerprint density at radius 3 is 2.72 bits per heavy atom. The van der Waals surface area contributed by atoms with Crippen molar-refractivity contribution in [3.63, 3.8) is 0 Å². The van der Waals surface area contributed by atoms with Crippen LogP contribution in [0.1, 0.15) is 25.3 Å². The highest BCUT2D eigenvalue weighted by atomic mass is 79.9. The second-order valence-electron chi connectivity index (χ2n) is 7.26. The Bertz CT molecular complexity index is 831. The van der Waals surface area contributed by atoms with Gasteiger partial charge in [-0.1, -0.05) is 52.3 Å². The SMILES string of the molecule is CC(Oc1cccc(Br)c1)C(=O)NNC(=O)C1CCCN(Cc2ccccc2)C1. The highest BCUT2D eigenvalue weighted by molar-refractivity contribution is 9.10. The van der Waals surface area contributed by atoms with E-state index in [1.165, 1.54) is 5.56 Å². The summed E-state index contributed by atoms with van der Waals surface area (Å²) in [7, 11) is 0. The van der Waals surface area contributed by atoms with Gasteiger partial charge in [-0.25, -0.2) is 0 Å². The van der Waals surface area contributed by atoms with Gasteiger partial charge in [0.2, 0.25) is 5.91 Å². The van der Waals surface area contributed by atoms with Crippen molar-refractivity contribution in [3.8, 4) is 5.75 Å². The summed E-state index contributed by atoms with van der Waals surface area (Å²) in [6.45, 7) is 4.13. The molecule has 2 N–H and O–H groups in total. The number of carbonyl (C=O) groups excluding carboxylic acids is 2. The van der Waals surface area contributed by atoms with Gasteiger partial charge in [0.1, 0.15) is 5.75 Å². The third kappa shape index (κ3) is 6.58. The topological polar surface area (TPSA) is 70.7 Å². The fourth-order valence-electron chi connectivity index (χ4n) is 3.38. The van der Waals surface area contributed by atoms with Crippen LogP contribution >= 0.6 is 15.9 Å². The number of hydrogen-bond donors (Lipinski definition) is 2. The number of likely N-dealkylation sites (tertiary alicyclic amines) is 1. The Kier molecular flexibility index (Phi) is 7.66. The lowest BCUT2D eigenvalue weighted by Gasteiger charge is -2.32. The molecule has 1 aliphatic rings. The van der Waals surface area contributed by atoms with Crippen LogP contribution in [0.15, 0.2) is 59.1 Å². The first-order chi connectivity index (χ1) is 14.0. The summed E-state index contributed by atoms with van der Waals surface area (Å²) in [5, 5.41) is 0. The largest absolute Gasteiger partial charge is 0.481 e. The van der Waals surface area contributed by atoms with Gasteiger partial charge in [0, 0.05) is 17.6 Å². The van der Waals surface area contributed by atoms with Gasteiger partial charge < -0.3 is 4.74 Å². The number of amides is 2. The molecule has 2 atom stereocenters. The molecular formula is C22H26BrN3O3. The Hall–Kier alpha value is -2.38.